The molecule has 0 aliphatic carbocycles. The summed E-state index contributed by atoms with van der Waals surface area (Å²) in [5, 5.41) is 4.21. The van der Waals surface area contributed by atoms with Gasteiger partial charge in [-0.05, 0) is 6.92 Å². The van der Waals surface area contributed by atoms with E-state index >= 15 is 0 Å². The fourth-order valence-corrected chi connectivity index (χ4v) is 1.24. The molecule has 86 valence electrons. The van der Waals surface area contributed by atoms with Crippen molar-refractivity contribution >= 4 is 0 Å². The summed E-state index contributed by atoms with van der Waals surface area (Å²) in [6, 6.07) is 0. The van der Waals surface area contributed by atoms with Gasteiger partial charge in [-0.1, -0.05) is 0 Å². The smallest absolute Gasteiger partial charge is 0.0827 e. The van der Waals surface area contributed by atoms with Crippen LogP contribution in [0.4, 0.5) is 0 Å². The fraction of sp³-hybridized carbons (Fsp3) is 0.700. The van der Waals surface area contributed by atoms with Crippen molar-refractivity contribution in [2.45, 2.75) is 19.6 Å². The molecule has 0 amide bonds. The Labute approximate surface area is 90.2 Å². The number of nitrogens with zero attached hydrogens (tertiary/aromatic N) is 2. The summed E-state index contributed by atoms with van der Waals surface area (Å²) in [6.45, 7) is 4.54. The van der Waals surface area contributed by atoms with Crippen LogP contribution < -0.4 is 5.73 Å². The van der Waals surface area contributed by atoms with Gasteiger partial charge in [0.25, 0.3) is 0 Å². The van der Waals surface area contributed by atoms with Crippen molar-refractivity contribution in [3.63, 3.8) is 0 Å². The highest BCUT2D eigenvalue weighted by atomic mass is 16.5. The van der Waals surface area contributed by atoms with Gasteiger partial charge in [0.1, 0.15) is 0 Å². The molecular weight excluding hydrogens is 194 g/mol. The Morgan fingerprint density at radius 2 is 2.33 bits per heavy atom. The highest BCUT2D eigenvalue weighted by molar-refractivity contribution is 5.07. The molecule has 1 atom stereocenters. The second-order valence-electron chi connectivity index (χ2n) is 3.33. The van der Waals surface area contributed by atoms with E-state index in [2.05, 4.69) is 5.10 Å². The highest BCUT2D eigenvalue weighted by Gasteiger charge is 2.07. The highest BCUT2D eigenvalue weighted by Crippen LogP contribution is 2.14. The van der Waals surface area contributed by atoms with Gasteiger partial charge in [-0.2, -0.15) is 5.10 Å². The van der Waals surface area contributed by atoms with Crippen molar-refractivity contribution < 1.29 is 9.47 Å². The first-order chi connectivity index (χ1) is 7.27. The van der Waals surface area contributed by atoms with E-state index in [0.717, 1.165) is 12.1 Å². The predicted molar refractivity (Wildman–Crippen MR) is 57.5 cm³/mol. The molecule has 0 aliphatic rings. The minimum Gasteiger partial charge on any atom is -0.383 e. The van der Waals surface area contributed by atoms with Gasteiger partial charge in [-0.3, -0.25) is 4.68 Å². The third-order valence-corrected chi connectivity index (χ3v) is 2.13. The summed E-state index contributed by atoms with van der Waals surface area (Å²) in [6.07, 6.45) is 3.83. The maximum Gasteiger partial charge on any atom is 0.0827 e. The average Bonchev–Trinajstić information content (AvgIpc) is 2.71. The Morgan fingerprint density at radius 1 is 1.53 bits per heavy atom. The van der Waals surface area contributed by atoms with Gasteiger partial charge in [0.05, 0.1) is 32.1 Å². The minimum absolute atomic E-state index is 0.0462. The van der Waals surface area contributed by atoms with Crippen LogP contribution in [-0.4, -0.2) is 36.6 Å². The normalized spacial score (nSPS) is 13.0. The second-order valence-corrected chi connectivity index (χ2v) is 3.33. The lowest BCUT2D eigenvalue weighted by atomic mass is 10.2. The van der Waals surface area contributed by atoms with Gasteiger partial charge in [0.2, 0.25) is 0 Å². The van der Waals surface area contributed by atoms with Crippen LogP contribution >= 0.6 is 0 Å². The molecule has 2 N–H and O–H groups in total. The zero-order valence-corrected chi connectivity index (χ0v) is 9.35. The van der Waals surface area contributed by atoms with E-state index < -0.39 is 0 Å². The Morgan fingerprint density at radius 3 is 3.00 bits per heavy atom. The minimum atomic E-state index is 0.0462. The van der Waals surface area contributed by atoms with Crippen LogP contribution in [0, 0.1) is 0 Å². The first-order valence-electron chi connectivity index (χ1n) is 5.11. The zero-order valence-electron chi connectivity index (χ0n) is 9.35. The SMILES string of the molecule is COCCn1cc([C@@H](C)OCCN)cn1. The first kappa shape index (κ1) is 12.2. The van der Waals surface area contributed by atoms with Crippen molar-refractivity contribution in [2.24, 2.45) is 5.73 Å². The van der Waals surface area contributed by atoms with Crippen LogP contribution in [-0.2, 0) is 16.0 Å². The summed E-state index contributed by atoms with van der Waals surface area (Å²) in [4.78, 5) is 0. The zero-order chi connectivity index (χ0) is 11.1. The molecule has 0 aliphatic heterocycles. The van der Waals surface area contributed by atoms with Gasteiger partial charge in [0, 0.05) is 25.4 Å². The predicted octanol–water partition coefficient (Wildman–Crippen LogP) is 0.566. The van der Waals surface area contributed by atoms with E-state index in [9.17, 15) is 0 Å². The van der Waals surface area contributed by atoms with Crippen molar-refractivity contribution in [3.8, 4) is 0 Å². The molecule has 15 heavy (non-hydrogen) atoms. The number of aromatic nitrogens is 2. The van der Waals surface area contributed by atoms with E-state index in [4.69, 9.17) is 15.2 Å². The van der Waals surface area contributed by atoms with Crippen LogP contribution in [0.5, 0.6) is 0 Å². The molecule has 5 heteroatoms. The maximum absolute atomic E-state index is 5.49. The molecule has 5 nitrogen and oxygen atoms in total. The summed E-state index contributed by atoms with van der Waals surface area (Å²) < 4.78 is 12.3. The Bertz CT molecular complexity index is 275. The lowest BCUT2D eigenvalue weighted by Gasteiger charge is -2.09. The van der Waals surface area contributed by atoms with Crippen LogP contribution in [0.2, 0.25) is 0 Å². The molecule has 1 aromatic heterocycles. The third-order valence-electron chi connectivity index (χ3n) is 2.13. The summed E-state index contributed by atoms with van der Waals surface area (Å²) in [7, 11) is 1.68. The standard InChI is InChI=1S/C10H19N3O2/c1-9(15-5-3-11)10-7-12-13(8-10)4-6-14-2/h7-9H,3-6,11H2,1-2H3/t9-/m1/s1. The molecule has 1 rings (SSSR count). The van der Waals surface area contributed by atoms with Crippen molar-refractivity contribution in [2.75, 3.05) is 26.9 Å². The van der Waals surface area contributed by atoms with Gasteiger partial charge in [-0.15, -0.1) is 0 Å². The summed E-state index contributed by atoms with van der Waals surface area (Å²) in [5.41, 5.74) is 6.43. The number of ether oxygens (including phenoxy) is 2. The van der Waals surface area contributed by atoms with Crippen LogP contribution in [0.1, 0.15) is 18.6 Å². The number of hydrogen-bond acceptors (Lipinski definition) is 4. The molecule has 0 bridgehead atoms. The van der Waals surface area contributed by atoms with E-state index in [1.165, 1.54) is 0 Å². The molecular formula is C10H19N3O2. The van der Waals surface area contributed by atoms with Gasteiger partial charge in [-0.25, -0.2) is 0 Å². The largest absolute Gasteiger partial charge is 0.383 e. The quantitative estimate of drug-likeness (QED) is 0.719. The third kappa shape index (κ3) is 3.99. The first-order valence-corrected chi connectivity index (χ1v) is 5.11. The Kier molecular flexibility index (Phi) is 5.31. The molecule has 1 aromatic rings. The maximum atomic E-state index is 5.49. The average molecular weight is 213 g/mol. The molecule has 0 radical (unpaired) electrons. The molecule has 0 fully saturated rings. The van der Waals surface area contributed by atoms with Crippen LogP contribution in [0.3, 0.4) is 0 Å². The molecule has 0 spiro atoms. The van der Waals surface area contributed by atoms with E-state index in [1.807, 2.05) is 24.0 Å². The molecule has 0 aromatic carbocycles. The fourth-order valence-electron chi connectivity index (χ4n) is 1.24. The number of hydrogen-bond donors (Lipinski definition) is 1. The second kappa shape index (κ2) is 6.55. The number of nitrogens with two attached hydrogens (primary N) is 1. The van der Waals surface area contributed by atoms with E-state index in [1.54, 1.807) is 7.11 Å². The van der Waals surface area contributed by atoms with Crippen molar-refractivity contribution in [3.05, 3.63) is 18.0 Å². The van der Waals surface area contributed by atoms with Crippen molar-refractivity contribution in [1.82, 2.24) is 9.78 Å². The molecule has 0 saturated carbocycles. The van der Waals surface area contributed by atoms with Gasteiger partial charge >= 0.3 is 0 Å². The Balaban J connectivity index is 2.43. The topological polar surface area (TPSA) is 62.3 Å². The lowest BCUT2D eigenvalue weighted by Crippen LogP contribution is -2.10. The number of methoxy groups -OCH3 is 1. The summed E-state index contributed by atoms with van der Waals surface area (Å²) >= 11 is 0. The van der Waals surface area contributed by atoms with Crippen LogP contribution in [0.25, 0.3) is 0 Å². The van der Waals surface area contributed by atoms with Crippen LogP contribution in [0.15, 0.2) is 12.4 Å². The van der Waals surface area contributed by atoms with E-state index in [0.29, 0.717) is 19.8 Å². The van der Waals surface area contributed by atoms with Crippen molar-refractivity contribution in [1.29, 1.82) is 0 Å². The van der Waals surface area contributed by atoms with Gasteiger partial charge < -0.3 is 15.2 Å². The lowest BCUT2D eigenvalue weighted by molar-refractivity contribution is 0.0717. The molecule has 0 saturated heterocycles. The van der Waals surface area contributed by atoms with Gasteiger partial charge in [0.15, 0.2) is 0 Å². The summed E-state index contributed by atoms with van der Waals surface area (Å²) in [5.74, 6) is 0. The van der Waals surface area contributed by atoms with E-state index in [-0.39, 0.29) is 6.10 Å². The monoisotopic (exact) mass is 213 g/mol. The molecule has 0 unspecified atom stereocenters. The Hall–Kier alpha value is -0.910. The number of rotatable bonds is 7. The molecule has 1 heterocycles.